The molecule has 4 aliphatic rings. The predicted octanol–water partition coefficient (Wildman–Crippen LogP) is 8.91. The zero-order valence-corrected chi connectivity index (χ0v) is 27.8. The van der Waals surface area contributed by atoms with E-state index in [4.69, 9.17) is 41.9 Å². The standard InChI is InChI=1S/C36H37Cl2N3O6/c1-44-15-2-16-45-33-25-17-22(3-4-24(25)18-29(40-33)34(42)43)7-8-35-9-12-36(13-10-35,14-11-35)46-21-26-31(41-47-32(26)23-5-6-23)30-27(37)19-39-20-28(30)38/h3-4,7-8,17-20,23H,2,5-6,9-16,21H2,1H3,(H,42,43)/b8-7+. The van der Waals surface area contributed by atoms with Gasteiger partial charge in [0.15, 0.2) is 5.69 Å². The van der Waals surface area contributed by atoms with E-state index in [9.17, 15) is 9.90 Å². The molecule has 2 bridgehead atoms. The van der Waals surface area contributed by atoms with E-state index in [1.165, 1.54) is 0 Å². The van der Waals surface area contributed by atoms with Gasteiger partial charge in [-0.25, -0.2) is 9.78 Å². The molecule has 4 aromatic rings. The molecule has 47 heavy (non-hydrogen) atoms. The molecule has 9 nitrogen and oxygen atoms in total. The van der Waals surface area contributed by atoms with Crippen LogP contribution in [0.2, 0.25) is 10.0 Å². The second-order valence-electron chi connectivity index (χ2n) is 13.1. The number of aromatic nitrogens is 3. The fourth-order valence-electron chi connectivity index (χ4n) is 7.04. The van der Waals surface area contributed by atoms with E-state index in [1.807, 2.05) is 18.2 Å². The average molecular weight is 679 g/mol. The highest BCUT2D eigenvalue weighted by Crippen LogP contribution is 2.55. The third-order valence-corrected chi connectivity index (χ3v) is 10.6. The summed E-state index contributed by atoms with van der Waals surface area (Å²) in [6.07, 6.45) is 16.6. The number of halogens is 2. The molecule has 246 valence electrons. The van der Waals surface area contributed by atoms with E-state index in [0.717, 1.165) is 79.0 Å². The van der Waals surface area contributed by atoms with E-state index >= 15 is 0 Å². The average Bonchev–Trinajstić information content (AvgIpc) is 3.85. The van der Waals surface area contributed by atoms with Gasteiger partial charge in [-0.1, -0.05) is 52.6 Å². The summed E-state index contributed by atoms with van der Waals surface area (Å²) >= 11 is 13.0. The summed E-state index contributed by atoms with van der Waals surface area (Å²) in [4.78, 5) is 20.1. The van der Waals surface area contributed by atoms with Crippen LogP contribution in [0.25, 0.3) is 28.1 Å². The molecule has 0 radical (unpaired) electrons. The van der Waals surface area contributed by atoms with Crippen LogP contribution >= 0.6 is 23.2 Å². The van der Waals surface area contributed by atoms with Crippen molar-refractivity contribution in [2.24, 2.45) is 5.41 Å². The number of nitrogens with zero attached hydrogens (tertiary/aromatic N) is 3. The SMILES string of the molecule is COCCCOc1nc(C(=O)O)cc2ccc(/C=C/C34CCC(OCc5c(-c6c(Cl)cncc6Cl)noc5C5CC5)(CC3)CC4)cc12. The van der Waals surface area contributed by atoms with Gasteiger partial charge in [-0.15, -0.1) is 0 Å². The first-order chi connectivity index (χ1) is 22.8. The Kier molecular flexibility index (Phi) is 9.00. The second kappa shape index (κ2) is 13.2. The molecule has 3 aromatic heterocycles. The molecule has 0 spiro atoms. The van der Waals surface area contributed by atoms with Crippen LogP contribution in [0.3, 0.4) is 0 Å². The molecule has 3 heterocycles. The molecule has 0 atom stereocenters. The van der Waals surface area contributed by atoms with Crippen LogP contribution in [0.15, 0.2) is 47.3 Å². The van der Waals surface area contributed by atoms with Crippen molar-refractivity contribution in [2.75, 3.05) is 20.3 Å². The number of hydrogen-bond acceptors (Lipinski definition) is 8. The number of ether oxygens (including phenoxy) is 3. The van der Waals surface area contributed by atoms with Crippen molar-refractivity contribution in [1.29, 1.82) is 0 Å². The third kappa shape index (κ3) is 6.64. The third-order valence-electron chi connectivity index (χ3n) is 10.0. The lowest BCUT2D eigenvalue weighted by atomic mass is 9.58. The number of benzene rings is 1. The Morgan fingerprint density at radius 1 is 1.06 bits per heavy atom. The van der Waals surface area contributed by atoms with Crippen molar-refractivity contribution < 1.29 is 28.6 Å². The summed E-state index contributed by atoms with van der Waals surface area (Å²) < 4.78 is 23.7. The van der Waals surface area contributed by atoms with Gasteiger partial charge in [-0.2, -0.15) is 0 Å². The molecule has 4 saturated carbocycles. The highest BCUT2D eigenvalue weighted by Gasteiger charge is 2.48. The first-order valence-corrected chi connectivity index (χ1v) is 17.0. The number of aromatic carboxylic acids is 1. The fraction of sp³-hybridized carbons (Fsp3) is 0.444. The van der Waals surface area contributed by atoms with Gasteiger partial charge in [0.25, 0.3) is 0 Å². The van der Waals surface area contributed by atoms with Crippen LogP contribution in [0.1, 0.15) is 91.1 Å². The summed E-state index contributed by atoms with van der Waals surface area (Å²) in [5.74, 6) is 0.498. The zero-order valence-electron chi connectivity index (χ0n) is 26.3. The highest BCUT2D eigenvalue weighted by atomic mass is 35.5. The van der Waals surface area contributed by atoms with Crippen LogP contribution in [0.5, 0.6) is 5.88 Å². The summed E-state index contributed by atoms with van der Waals surface area (Å²) in [5.41, 5.74) is 3.17. The molecule has 4 fully saturated rings. The molecule has 1 aromatic carbocycles. The van der Waals surface area contributed by atoms with Crippen LogP contribution in [-0.2, 0) is 16.1 Å². The van der Waals surface area contributed by atoms with E-state index in [0.29, 0.717) is 59.3 Å². The molecular formula is C36H37Cl2N3O6. The topological polar surface area (TPSA) is 117 Å². The maximum absolute atomic E-state index is 11.7. The Bertz CT molecular complexity index is 1790. The van der Waals surface area contributed by atoms with Crippen LogP contribution in [-0.4, -0.2) is 52.1 Å². The van der Waals surface area contributed by atoms with Crippen molar-refractivity contribution in [1.82, 2.24) is 15.1 Å². The quantitative estimate of drug-likeness (QED) is 0.138. The van der Waals surface area contributed by atoms with Gasteiger partial charge in [-0.3, -0.25) is 4.98 Å². The highest BCUT2D eigenvalue weighted by molar-refractivity contribution is 6.38. The number of carbonyl (C=O) groups is 1. The van der Waals surface area contributed by atoms with Crippen molar-refractivity contribution in [2.45, 2.75) is 75.9 Å². The van der Waals surface area contributed by atoms with Crippen molar-refractivity contribution in [3.63, 3.8) is 0 Å². The van der Waals surface area contributed by atoms with Crippen molar-refractivity contribution in [3.8, 4) is 17.1 Å². The maximum Gasteiger partial charge on any atom is 0.354 e. The van der Waals surface area contributed by atoms with Gasteiger partial charge >= 0.3 is 5.97 Å². The number of fused-ring (bicyclic) bond motifs is 4. The number of carboxylic acid groups (broad SMARTS) is 1. The number of carboxylic acids is 1. The Labute approximate surface area is 283 Å². The van der Waals surface area contributed by atoms with E-state index in [-0.39, 0.29) is 16.7 Å². The molecule has 4 aliphatic carbocycles. The summed E-state index contributed by atoms with van der Waals surface area (Å²) in [6.45, 7) is 1.35. The number of rotatable bonds is 13. The van der Waals surface area contributed by atoms with Gasteiger partial charge in [0.05, 0.1) is 28.9 Å². The Morgan fingerprint density at radius 3 is 2.49 bits per heavy atom. The first kappa shape index (κ1) is 32.1. The first-order valence-electron chi connectivity index (χ1n) is 16.2. The van der Waals surface area contributed by atoms with E-state index in [1.54, 1.807) is 25.6 Å². The van der Waals surface area contributed by atoms with Crippen LogP contribution < -0.4 is 4.74 Å². The lowest BCUT2D eigenvalue weighted by Crippen LogP contribution is -2.46. The largest absolute Gasteiger partial charge is 0.477 e. The van der Waals surface area contributed by atoms with Gasteiger partial charge in [-0.05, 0) is 79.9 Å². The van der Waals surface area contributed by atoms with Crippen molar-refractivity contribution in [3.05, 3.63) is 75.4 Å². The summed E-state index contributed by atoms with van der Waals surface area (Å²) in [5, 5.41) is 16.4. The summed E-state index contributed by atoms with van der Waals surface area (Å²) in [7, 11) is 1.64. The van der Waals surface area contributed by atoms with Gasteiger partial charge in [0.2, 0.25) is 5.88 Å². The van der Waals surface area contributed by atoms with Gasteiger partial charge in [0.1, 0.15) is 11.5 Å². The molecule has 0 unspecified atom stereocenters. The van der Waals surface area contributed by atoms with Crippen LogP contribution in [0.4, 0.5) is 0 Å². The molecule has 0 aliphatic heterocycles. The zero-order chi connectivity index (χ0) is 32.6. The van der Waals surface area contributed by atoms with Crippen molar-refractivity contribution >= 4 is 46.0 Å². The number of hydrogen-bond donors (Lipinski definition) is 1. The summed E-state index contributed by atoms with van der Waals surface area (Å²) in [6, 6.07) is 7.57. The van der Waals surface area contributed by atoms with E-state index in [2.05, 4.69) is 27.3 Å². The fourth-order valence-corrected chi connectivity index (χ4v) is 7.58. The Morgan fingerprint density at radius 2 is 1.81 bits per heavy atom. The minimum atomic E-state index is -1.08. The number of allylic oxidation sites excluding steroid dienone is 1. The Hall–Kier alpha value is -3.50. The molecule has 0 amide bonds. The minimum Gasteiger partial charge on any atom is -0.477 e. The van der Waals surface area contributed by atoms with Crippen LogP contribution in [0, 0.1) is 5.41 Å². The van der Waals surface area contributed by atoms with Gasteiger partial charge in [0, 0.05) is 55.0 Å². The maximum atomic E-state index is 11.7. The minimum absolute atomic E-state index is 0.0366. The molecule has 8 rings (SSSR count). The Balaban J connectivity index is 1.05. The molecule has 11 heteroatoms. The number of methoxy groups -OCH3 is 1. The molecule has 0 saturated heterocycles. The smallest absolute Gasteiger partial charge is 0.354 e. The molecular weight excluding hydrogens is 641 g/mol. The monoisotopic (exact) mass is 677 g/mol. The number of pyridine rings is 2. The van der Waals surface area contributed by atoms with E-state index < -0.39 is 5.97 Å². The normalized spacial score (nSPS) is 22.4. The lowest BCUT2D eigenvalue weighted by molar-refractivity contribution is -0.133. The molecule has 1 N–H and O–H groups in total. The second-order valence-corrected chi connectivity index (χ2v) is 13.9. The predicted molar refractivity (Wildman–Crippen MR) is 179 cm³/mol. The van der Waals surface area contributed by atoms with Gasteiger partial charge < -0.3 is 23.8 Å². The lowest BCUT2D eigenvalue weighted by Gasteiger charge is -2.52.